The summed E-state index contributed by atoms with van der Waals surface area (Å²) in [6, 6.07) is 8.03. The molecule has 3 aromatic rings. The molecule has 6 heteroatoms. The first kappa shape index (κ1) is 13.9. The summed E-state index contributed by atoms with van der Waals surface area (Å²) < 4.78 is 1.93. The minimum Gasteiger partial charge on any atom is -0.340 e. The van der Waals surface area contributed by atoms with Crippen molar-refractivity contribution in [2.45, 2.75) is 18.8 Å². The Morgan fingerprint density at radius 3 is 2.78 bits per heavy atom. The lowest BCUT2D eigenvalue weighted by Gasteiger charge is -2.32. The lowest BCUT2D eigenvalue weighted by molar-refractivity contribution is 0.495. The predicted molar refractivity (Wildman–Crippen MR) is 87.6 cm³/mol. The minimum absolute atomic E-state index is 0.399. The minimum atomic E-state index is 0.399. The standard InChI is InChI=1S/C17H18N6/c1-5-15(21-16(6-1)23-11-9-18-13-23)14-4-2-10-22(12-14)17-19-7-3-8-20-17/h1,3,5-9,11,13-14H,2,4,10,12H2/t14-/m1/s1. The van der Waals surface area contributed by atoms with Gasteiger partial charge in [-0.05, 0) is 31.0 Å². The molecular weight excluding hydrogens is 288 g/mol. The van der Waals surface area contributed by atoms with Gasteiger partial charge in [-0.15, -0.1) is 0 Å². The summed E-state index contributed by atoms with van der Waals surface area (Å²) in [7, 11) is 0. The number of hydrogen-bond donors (Lipinski definition) is 0. The molecule has 0 aromatic carbocycles. The van der Waals surface area contributed by atoms with E-state index in [-0.39, 0.29) is 0 Å². The van der Waals surface area contributed by atoms with Crippen LogP contribution in [0.25, 0.3) is 5.82 Å². The number of rotatable bonds is 3. The van der Waals surface area contributed by atoms with E-state index < -0.39 is 0 Å². The molecule has 0 N–H and O–H groups in total. The summed E-state index contributed by atoms with van der Waals surface area (Å²) in [6.07, 6.45) is 11.3. The molecule has 3 aromatic heterocycles. The van der Waals surface area contributed by atoms with E-state index in [0.717, 1.165) is 43.4 Å². The van der Waals surface area contributed by atoms with Gasteiger partial charge in [-0.1, -0.05) is 6.07 Å². The Balaban J connectivity index is 1.57. The van der Waals surface area contributed by atoms with Crippen molar-refractivity contribution in [3.8, 4) is 5.82 Å². The molecule has 1 aliphatic rings. The number of anilines is 1. The summed E-state index contributed by atoms with van der Waals surface area (Å²) in [6.45, 7) is 1.91. The fourth-order valence-corrected chi connectivity index (χ4v) is 3.06. The summed E-state index contributed by atoms with van der Waals surface area (Å²) in [5.74, 6) is 2.12. The van der Waals surface area contributed by atoms with Crippen LogP contribution in [0.15, 0.2) is 55.4 Å². The van der Waals surface area contributed by atoms with Crippen LogP contribution >= 0.6 is 0 Å². The van der Waals surface area contributed by atoms with E-state index >= 15 is 0 Å². The van der Waals surface area contributed by atoms with Gasteiger partial charge in [0, 0.05) is 49.5 Å². The zero-order chi connectivity index (χ0) is 15.5. The van der Waals surface area contributed by atoms with Gasteiger partial charge in [-0.3, -0.25) is 4.57 Å². The number of piperidine rings is 1. The molecule has 0 saturated carbocycles. The van der Waals surface area contributed by atoms with Gasteiger partial charge in [0.25, 0.3) is 0 Å². The molecule has 0 amide bonds. The summed E-state index contributed by atoms with van der Waals surface area (Å²) in [4.78, 5) is 19.9. The molecule has 23 heavy (non-hydrogen) atoms. The largest absolute Gasteiger partial charge is 0.340 e. The molecular formula is C17H18N6. The number of imidazole rings is 1. The lowest BCUT2D eigenvalue weighted by atomic mass is 9.94. The first-order valence-electron chi connectivity index (χ1n) is 7.87. The quantitative estimate of drug-likeness (QED) is 0.744. The molecule has 116 valence electrons. The van der Waals surface area contributed by atoms with Crippen molar-refractivity contribution in [1.82, 2.24) is 24.5 Å². The predicted octanol–water partition coefficient (Wildman–Crippen LogP) is 2.44. The molecule has 0 radical (unpaired) electrons. The van der Waals surface area contributed by atoms with Crippen LogP contribution in [0.5, 0.6) is 0 Å². The number of aromatic nitrogens is 5. The number of pyridine rings is 1. The Kier molecular flexibility index (Phi) is 3.71. The number of nitrogens with zero attached hydrogens (tertiary/aromatic N) is 6. The molecule has 0 aliphatic carbocycles. The third-order valence-corrected chi connectivity index (χ3v) is 4.20. The molecule has 1 fully saturated rings. The van der Waals surface area contributed by atoms with Gasteiger partial charge in [0.15, 0.2) is 0 Å². The van der Waals surface area contributed by atoms with Crippen LogP contribution in [0, 0.1) is 0 Å². The van der Waals surface area contributed by atoms with Crippen molar-refractivity contribution in [2.75, 3.05) is 18.0 Å². The van der Waals surface area contributed by atoms with Crippen LogP contribution in [0.3, 0.4) is 0 Å². The van der Waals surface area contributed by atoms with E-state index in [2.05, 4.69) is 32.0 Å². The van der Waals surface area contributed by atoms with Gasteiger partial charge in [0.1, 0.15) is 12.1 Å². The van der Waals surface area contributed by atoms with Gasteiger partial charge in [-0.2, -0.15) is 0 Å². The van der Waals surface area contributed by atoms with E-state index in [4.69, 9.17) is 4.98 Å². The van der Waals surface area contributed by atoms with Crippen LogP contribution in [-0.2, 0) is 0 Å². The van der Waals surface area contributed by atoms with E-state index in [1.807, 2.05) is 22.9 Å². The fraction of sp³-hybridized carbons (Fsp3) is 0.294. The highest BCUT2D eigenvalue weighted by Gasteiger charge is 2.24. The molecule has 1 saturated heterocycles. The van der Waals surface area contributed by atoms with Crippen LogP contribution in [0.1, 0.15) is 24.5 Å². The van der Waals surface area contributed by atoms with Crippen molar-refractivity contribution in [1.29, 1.82) is 0 Å². The highest BCUT2D eigenvalue weighted by molar-refractivity contribution is 5.33. The Bertz CT molecular complexity index is 756. The van der Waals surface area contributed by atoms with Crippen LogP contribution in [-0.4, -0.2) is 37.6 Å². The summed E-state index contributed by atoms with van der Waals surface area (Å²) in [5, 5.41) is 0. The molecule has 0 bridgehead atoms. The van der Waals surface area contributed by atoms with Gasteiger partial charge in [0.05, 0.1) is 0 Å². The van der Waals surface area contributed by atoms with Crippen molar-refractivity contribution < 1.29 is 0 Å². The fourth-order valence-electron chi connectivity index (χ4n) is 3.06. The van der Waals surface area contributed by atoms with Crippen LogP contribution in [0.2, 0.25) is 0 Å². The van der Waals surface area contributed by atoms with Crippen molar-refractivity contribution in [3.05, 3.63) is 61.1 Å². The Morgan fingerprint density at radius 2 is 1.96 bits per heavy atom. The van der Waals surface area contributed by atoms with E-state index in [0.29, 0.717) is 5.92 Å². The maximum Gasteiger partial charge on any atom is 0.225 e. The highest BCUT2D eigenvalue weighted by Crippen LogP contribution is 2.27. The third kappa shape index (κ3) is 2.92. The molecule has 4 rings (SSSR count). The zero-order valence-corrected chi connectivity index (χ0v) is 12.8. The lowest BCUT2D eigenvalue weighted by Crippen LogP contribution is -2.35. The Labute approximate surface area is 134 Å². The molecule has 0 spiro atoms. The van der Waals surface area contributed by atoms with Crippen molar-refractivity contribution >= 4 is 5.95 Å². The van der Waals surface area contributed by atoms with Crippen molar-refractivity contribution in [3.63, 3.8) is 0 Å². The normalized spacial score (nSPS) is 18.1. The molecule has 1 aliphatic heterocycles. The SMILES string of the molecule is c1cnc(N2CCC[C@@H](c3cccc(-n4ccnc4)n3)C2)nc1. The maximum atomic E-state index is 4.82. The molecule has 1 atom stereocenters. The first-order valence-corrected chi connectivity index (χ1v) is 7.87. The van der Waals surface area contributed by atoms with E-state index in [1.165, 1.54) is 0 Å². The summed E-state index contributed by atoms with van der Waals surface area (Å²) >= 11 is 0. The van der Waals surface area contributed by atoms with E-state index in [9.17, 15) is 0 Å². The maximum absolute atomic E-state index is 4.82. The molecule has 0 unspecified atom stereocenters. The smallest absolute Gasteiger partial charge is 0.225 e. The van der Waals surface area contributed by atoms with Gasteiger partial charge in [-0.25, -0.2) is 19.9 Å². The van der Waals surface area contributed by atoms with Crippen LogP contribution in [0.4, 0.5) is 5.95 Å². The molecule has 6 nitrogen and oxygen atoms in total. The third-order valence-electron chi connectivity index (χ3n) is 4.20. The second-order valence-corrected chi connectivity index (χ2v) is 5.72. The monoisotopic (exact) mass is 306 g/mol. The Morgan fingerprint density at radius 1 is 1.04 bits per heavy atom. The zero-order valence-electron chi connectivity index (χ0n) is 12.8. The highest BCUT2D eigenvalue weighted by atomic mass is 15.3. The second kappa shape index (κ2) is 6.16. The molecule has 4 heterocycles. The Hall–Kier alpha value is -2.76. The van der Waals surface area contributed by atoms with Gasteiger partial charge >= 0.3 is 0 Å². The second-order valence-electron chi connectivity index (χ2n) is 5.72. The first-order chi connectivity index (χ1) is 11.4. The average molecular weight is 306 g/mol. The van der Waals surface area contributed by atoms with Gasteiger partial charge in [0.2, 0.25) is 5.95 Å². The van der Waals surface area contributed by atoms with Crippen LogP contribution < -0.4 is 4.90 Å². The van der Waals surface area contributed by atoms with Gasteiger partial charge < -0.3 is 4.90 Å². The topological polar surface area (TPSA) is 59.7 Å². The average Bonchev–Trinajstić information content (AvgIpc) is 3.18. The van der Waals surface area contributed by atoms with Crippen molar-refractivity contribution in [2.24, 2.45) is 0 Å². The summed E-state index contributed by atoms with van der Waals surface area (Å²) in [5.41, 5.74) is 1.12. The van der Waals surface area contributed by atoms with E-state index in [1.54, 1.807) is 24.9 Å². The number of hydrogen-bond acceptors (Lipinski definition) is 5.